The predicted octanol–water partition coefficient (Wildman–Crippen LogP) is 2.70. The number of ether oxygens (including phenoxy) is 1. The van der Waals surface area contributed by atoms with Crippen molar-refractivity contribution >= 4 is 6.29 Å². The Morgan fingerprint density at radius 1 is 1.33 bits per heavy atom. The first-order valence-corrected chi connectivity index (χ1v) is 5.03. The molecule has 88 valence electrons. The van der Waals surface area contributed by atoms with Gasteiger partial charge in [0.2, 0.25) is 5.88 Å². The van der Waals surface area contributed by atoms with Crippen LogP contribution >= 0.6 is 0 Å². The minimum absolute atomic E-state index is 0.0271. The number of nitrogens with zero attached hydrogens (tertiary/aromatic N) is 2. The summed E-state index contributed by atoms with van der Waals surface area (Å²) >= 11 is 0. The zero-order valence-electron chi connectivity index (χ0n) is 9.13. The number of aldehydes is 1. The Hall–Kier alpha value is -2.74. The van der Waals surface area contributed by atoms with E-state index in [4.69, 9.17) is 10.00 Å². The second kappa shape index (κ2) is 5.06. The highest BCUT2D eigenvalue weighted by Crippen LogP contribution is 2.26. The van der Waals surface area contributed by atoms with Crippen molar-refractivity contribution in [3.8, 4) is 17.7 Å². The van der Waals surface area contributed by atoms with Gasteiger partial charge in [-0.2, -0.15) is 5.26 Å². The fraction of sp³-hybridized carbons (Fsp3) is 0. The molecular weight excluding hydrogens is 235 g/mol. The van der Waals surface area contributed by atoms with E-state index in [-0.39, 0.29) is 22.8 Å². The average Bonchev–Trinajstić information content (AvgIpc) is 2.40. The Bertz CT molecular complexity index is 635. The maximum atomic E-state index is 13.3. The van der Waals surface area contributed by atoms with E-state index in [1.807, 2.05) is 0 Å². The van der Waals surface area contributed by atoms with Gasteiger partial charge in [-0.3, -0.25) is 4.79 Å². The molecule has 1 aromatic carbocycles. The van der Waals surface area contributed by atoms with Crippen LogP contribution in [0.1, 0.15) is 15.9 Å². The van der Waals surface area contributed by atoms with Crippen LogP contribution in [-0.2, 0) is 0 Å². The Labute approximate surface area is 102 Å². The van der Waals surface area contributed by atoms with Crippen LogP contribution in [0.25, 0.3) is 0 Å². The molecule has 0 spiro atoms. The van der Waals surface area contributed by atoms with Crippen molar-refractivity contribution in [2.45, 2.75) is 0 Å². The topological polar surface area (TPSA) is 63.0 Å². The normalized spacial score (nSPS) is 9.56. The zero-order valence-corrected chi connectivity index (χ0v) is 9.13. The molecular formula is C13H7FN2O2. The Balaban J connectivity index is 2.44. The predicted molar refractivity (Wildman–Crippen MR) is 60.8 cm³/mol. The average molecular weight is 242 g/mol. The molecule has 0 saturated carbocycles. The van der Waals surface area contributed by atoms with Crippen LogP contribution in [0.3, 0.4) is 0 Å². The number of hydrogen-bond acceptors (Lipinski definition) is 4. The monoisotopic (exact) mass is 242 g/mol. The highest BCUT2D eigenvalue weighted by molar-refractivity contribution is 5.78. The summed E-state index contributed by atoms with van der Waals surface area (Å²) in [4.78, 5) is 14.6. The van der Waals surface area contributed by atoms with Crippen molar-refractivity contribution in [2.75, 3.05) is 0 Å². The molecule has 0 amide bonds. The highest BCUT2D eigenvalue weighted by Gasteiger charge is 2.12. The van der Waals surface area contributed by atoms with E-state index in [1.54, 1.807) is 12.1 Å². The van der Waals surface area contributed by atoms with Gasteiger partial charge in [-0.05, 0) is 24.3 Å². The van der Waals surface area contributed by atoms with Crippen molar-refractivity contribution in [2.24, 2.45) is 0 Å². The van der Waals surface area contributed by atoms with Gasteiger partial charge in [0.25, 0.3) is 0 Å². The molecule has 0 N–H and O–H groups in total. The SMILES string of the molecule is N#Cc1c(F)cccc1Oc1ncccc1C=O. The summed E-state index contributed by atoms with van der Waals surface area (Å²) in [5.41, 5.74) is 0.00523. The molecule has 1 aromatic heterocycles. The van der Waals surface area contributed by atoms with E-state index in [0.717, 1.165) is 6.07 Å². The van der Waals surface area contributed by atoms with Gasteiger partial charge >= 0.3 is 0 Å². The van der Waals surface area contributed by atoms with Gasteiger partial charge in [-0.1, -0.05) is 6.07 Å². The van der Waals surface area contributed by atoms with Crippen LogP contribution in [0.15, 0.2) is 36.5 Å². The number of hydrogen-bond donors (Lipinski definition) is 0. The maximum Gasteiger partial charge on any atom is 0.229 e. The van der Waals surface area contributed by atoms with Crippen LogP contribution in [0, 0.1) is 17.1 Å². The summed E-state index contributed by atoms with van der Waals surface area (Å²) in [6.07, 6.45) is 2.02. The first kappa shape index (κ1) is 11.7. The van der Waals surface area contributed by atoms with E-state index >= 15 is 0 Å². The van der Waals surface area contributed by atoms with Gasteiger partial charge in [0, 0.05) is 6.20 Å². The number of rotatable bonds is 3. The Kier molecular flexibility index (Phi) is 3.30. The quantitative estimate of drug-likeness (QED) is 0.776. The second-order valence-corrected chi connectivity index (χ2v) is 3.34. The lowest BCUT2D eigenvalue weighted by Crippen LogP contribution is -1.96. The van der Waals surface area contributed by atoms with Gasteiger partial charge in [0.15, 0.2) is 6.29 Å². The maximum absolute atomic E-state index is 13.3. The number of halogens is 1. The largest absolute Gasteiger partial charge is 0.437 e. The molecule has 1 heterocycles. The number of pyridine rings is 1. The minimum atomic E-state index is -0.682. The zero-order chi connectivity index (χ0) is 13.0. The number of benzene rings is 1. The molecule has 0 saturated heterocycles. The number of nitriles is 1. The van der Waals surface area contributed by atoms with Gasteiger partial charge in [0.1, 0.15) is 23.2 Å². The molecule has 5 heteroatoms. The number of carbonyl (C=O) groups is 1. The molecule has 0 atom stereocenters. The standard InChI is InChI=1S/C13H7FN2O2/c14-11-4-1-5-12(10(11)7-15)18-13-9(8-17)3-2-6-16-13/h1-6,8H. The van der Waals surface area contributed by atoms with E-state index in [9.17, 15) is 9.18 Å². The van der Waals surface area contributed by atoms with Crippen molar-refractivity contribution in [1.82, 2.24) is 4.98 Å². The first-order valence-electron chi connectivity index (χ1n) is 5.03. The summed E-state index contributed by atoms with van der Waals surface area (Å²) in [6, 6.07) is 8.80. The molecule has 0 aliphatic heterocycles. The summed E-state index contributed by atoms with van der Waals surface area (Å²) in [6.45, 7) is 0. The van der Waals surface area contributed by atoms with Crippen LogP contribution in [0.5, 0.6) is 11.6 Å². The number of aromatic nitrogens is 1. The molecule has 0 fully saturated rings. The summed E-state index contributed by atoms with van der Waals surface area (Å²) in [7, 11) is 0. The third kappa shape index (κ3) is 2.18. The van der Waals surface area contributed by atoms with Crippen LogP contribution in [-0.4, -0.2) is 11.3 Å². The van der Waals surface area contributed by atoms with Gasteiger partial charge in [-0.15, -0.1) is 0 Å². The van der Waals surface area contributed by atoms with E-state index in [2.05, 4.69) is 4.98 Å². The lowest BCUT2D eigenvalue weighted by atomic mass is 10.2. The Morgan fingerprint density at radius 3 is 2.89 bits per heavy atom. The molecule has 0 aliphatic carbocycles. The molecule has 0 radical (unpaired) electrons. The van der Waals surface area contributed by atoms with E-state index in [0.29, 0.717) is 6.29 Å². The van der Waals surface area contributed by atoms with Crippen molar-refractivity contribution in [3.05, 3.63) is 53.5 Å². The smallest absolute Gasteiger partial charge is 0.229 e. The minimum Gasteiger partial charge on any atom is -0.437 e. The molecule has 4 nitrogen and oxygen atoms in total. The van der Waals surface area contributed by atoms with Gasteiger partial charge in [-0.25, -0.2) is 9.37 Å². The highest BCUT2D eigenvalue weighted by atomic mass is 19.1. The fourth-order valence-corrected chi connectivity index (χ4v) is 1.38. The van der Waals surface area contributed by atoms with Crippen LogP contribution in [0.2, 0.25) is 0 Å². The third-order valence-electron chi connectivity index (χ3n) is 2.22. The Morgan fingerprint density at radius 2 is 2.17 bits per heavy atom. The van der Waals surface area contributed by atoms with E-state index in [1.165, 1.54) is 24.4 Å². The third-order valence-corrected chi connectivity index (χ3v) is 2.22. The van der Waals surface area contributed by atoms with Gasteiger partial charge < -0.3 is 4.74 Å². The van der Waals surface area contributed by atoms with Crippen LogP contribution < -0.4 is 4.74 Å². The lowest BCUT2D eigenvalue weighted by molar-refractivity contribution is 0.112. The summed E-state index contributed by atoms with van der Waals surface area (Å²) < 4.78 is 18.6. The molecule has 2 aromatic rings. The molecule has 18 heavy (non-hydrogen) atoms. The van der Waals surface area contributed by atoms with Crippen LogP contribution in [0.4, 0.5) is 4.39 Å². The summed E-state index contributed by atoms with van der Waals surface area (Å²) in [5.74, 6) is -0.618. The first-order chi connectivity index (χ1) is 8.76. The second-order valence-electron chi connectivity index (χ2n) is 3.34. The molecule has 0 aliphatic rings. The van der Waals surface area contributed by atoms with Gasteiger partial charge in [0.05, 0.1) is 5.56 Å². The van der Waals surface area contributed by atoms with E-state index < -0.39 is 5.82 Å². The van der Waals surface area contributed by atoms with Crippen molar-refractivity contribution in [3.63, 3.8) is 0 Å². The lowest BCUT2D eigenvalue weighted by Gasteiger charge is -2.07. The fourth-order valence-electron chi connectivity index (χ4n) is 1.38. The van der Waals surface area contributed by atoms with Crippen molar-refractivity contribution in [1.29, 1.82) is 5.26 Å². The molecule has 0 unspecified atom stereocenters. The number of carbonyl (C=O) groups excluding carboxylic acids is 1. The molecule has 2 rings (SSSR count). The molecule has 0 bridgehead atoms. The summed E-state index contributed by atoms with van der Waals surface area (Å²) in [5, 5.41) is 8.84. The van der Waals surface area contributed by atoms with Crippen molar-refractivity contribution < 1.29 is 13.9 Å².